The molecule has 2 aromatic rings. The van der Waals surface area contributed by atoms with Crippen LogP contribution in [0.25, 0.3) is 0 Å². The van der Waals surface area contributed by atoms with Crippen LogP contribution in [0.3, 0.4) is 0 Å². The number of β-lactam (4-membered cyclic amide) rings is 1. The van der Waals surface area contributed by atoms with Crippen molar-refractivity contribution in [1.82, 2.24) is 4.90 Å². The Labute approximate surface area is 168 Å². The fourth-order valence-corrected chi connectivity index (χ4v) is 6.31. The lowest BCUT2D eigenvalue weighted by Gasteiger charge is -2.44. The van der Waals surface area contributed by atoms with Crippen molar-refractivity contribution in [3.8, 4) is 5.75 Å². The molecule has 2 aliphatic heterocycles. The lowest BCUT2D eigenvalue weighted by Crippen LogP contribution is -2.67. The van der Waals surface area contributed by atoms with Gasteiger partial charge in [-0.15, -0.1) is 0 Å². The Morgan fingerprint density at radius 1 is 1.17 bits per heavy atom. The Bertz CT molecular complexity index is 1110. The number of methoxy groups -OCH3 is 1. The van der Waals surface area contributed by atoms with E-state index in [2.05, 4.69) is 0 Å². The third-order valence-corrected chi connectivity index (χ3v) is 8.12. The van der Waals surface area contributed by atoms with Crippen LogP contribution in [0.1, 0.15) is 17.5 Å². The molecular formula is C21H20FNO5S. The summed E-state index contributed by atoms with van der Waals surface area (Å²) in [5, 5.41) is 0. The van der Waals surface area contributed by atoms with Gasteiger partial charge in [-0.1, -0.05) is 17.7 Å². The molecule has 4 rings (SSSR count). The molecule has 2 heterocycles. The summed E-state index contributed by atoms with van der Waals surface area (Å²) in [6, 6.07) is 10.2. The van der Waals surface area contributed by atoms with E-state index in [1.807, 2.05) is 6.92 Å². The minimum atomic E-state index is -4.10. The molecule has 6 nitrogen and oxygen atoms in total. The molecule has 0 saturated carbocycles. The average molecular weight is 417 g/mol. The summed E-state index contributed by atoms with van der Waals surface area (Å²) in [4.78, 5) is 24.8. The van der Waals surface area contributed by atoms with Gasteiger partial charge in [0.1, 0.15) is 11.6 Å². The van der Waals surface area contributed by atoms with Gasteiger partial charge in [0.2, 0.25) is 20.6 Å². The highest BCUT2D eigenvalue weighted by Gasteiger charge is 2.70. The summed E-state index contributed by atoms with van der Waals surface area (Å²) < 4.78 is 45.7. The molecular weight excluding hydrogens is 397 g/mol. The number of amides is 1. The fraction of sp³-hybridized carbons (Fsp3) is 0.333. The molecule has 0 radical (unpaired) electrons. The minimum absolute atomic E-state index is 0.0115. The number of rotatable bonds is 5. The Morgan fingerprint density at radius 2 is 1.86 bits per heavy atom. The van der Waals surface area contributed by atoms with Gasteiger partial charge in [-0.2, -0.15) is 0 Å². The van der Waals surface area contributed by atoms with E-state index in [0.29, 0.717) is 11.3 Å². The number of hydrogen-bond donors (Lipinski definition) is 0. The molecule has 2 fully saturated rings. The van der Waals surface area contributed by atoms with Crippen LogP contribution in [0.2, 0.25) is 0 Å². The number of ketones is 1. The molecule has 0 aliphatic carbocycles. The summed E-state index contributed by atoms with van der Waals surface area (Å²) in [5.41, 5.74) is 1.35. The molecule has 2 saturated heterocycles. The van der Waals surface area contributed by atoms with Crippen LogP contribution >= 0.6 is 0 Å². The smallest absolute Gasteiger partial charge is 0.228 e. The minimum Gasteiger partial charge on any atom is -0.496 e. The van der Waals surface area contributed by atoms with Crippen LogP contribution in [-0.2, 0) is 25.8 Å². The first kappa shape index (κ1) is 19.6. The van der Waals surface area contributed by atoms with Gasteiger partial charge in [-0.05, 0) is 49.2 Å². The van der Waals surface area contributed by atoms with E-state index >= 15 is 0 Å². The van der Waals surface area contributed by atoms with Crippen molar-refractivity contribution < 1.29 is 27.1 Å². The number of sulfone groups is 1. The Hall–Kier alpha value is -2.74. The zero-order chi connectivity index (χ0) is 21.0. The van der Waals surface area contributed by atoms with Crippen LogP contribution < -0.4 is 4.74 Å². The Morgan fingerprint density at radius 3 is 2.48 bits per heavy atom. The van der Waals surface area contributed by atoms with Gasteiger partial charge in [0.25, 0.3) is 0 Å². The number of fused-ring (bicyclic) bond motifs is 1. The molecule has 29 heavy (non-hydrogen) atoms. The zero-order valence-electron chi connectivity index (χ0n) is 16.0. The van der Waals surface area contributed by atoms with Gasteiger partial charge < -0.3 is 9.64 Å². The molecule has 1 amide bonds. The number of carbonyl (C=O) groups excluding carboxylic acids is 2. The monoisotopic (exact) mass is 417 g/mol. The maximum atomic E-state index is 13.7. The van der Waals surface area contributed by atoms with Crippen molar-refractivity contribution in [3.63, 3.8) is 0 Å². The van der Waals surface area contributed by atoms with Crippen molar-refractivity contribution in [2.75, 3.05) is 13.7 Å². The number of ether oxygens (including phenoxy) is 1. The van der Waals surface area contributed by atoms with Gasteiger partial charge in [0.05, 0.1) is 18.4 Å². The lowest BCUT2D eigenvalue weighted by atomic mass is 9.92. The van der Waals surface area contributed by atoms with Gasteiger partial charge in [0, 0.05) is 12.5 Å². The number of nitrogens with zero attached hydrogens (tertiary/aromatic N) is 1. The third-order valence-electron chi connectivity index (χ3n) is 5.77. The van der Waals surface area contributed by atoms with Crippen molar-refractivity contribution in [3.05, 3.63) is 59.4 Å². The first-order valence-electron chi connectivity index (χ1n) is 9.19. The number of benzene rings is 2. The molecule has 8 heteroatoms. The predicted molar refractivity (Wildman–Crippen MR) is 103 cm³/mol. The molecule has 0 spiro atoms. The number of aryl methyl sites for hydroxylation is 1. The van der Waals surface area contributed by atoms with Crippen LogP contribution in [0, 0.1) is 18.7 Å². The molecule has 0 aromatic heterocycles. The highest BCUT2D eigenvalue weighted by Crippen LogP contribution is 2.48. The maximum absolute atomic E-state index is 13.7. The van der Waals surface area contributed by atoms with E-state index in [9.17, 15) is 22.4 Å². The summed E-state index contributed by atoms with van der Waals surface area (Å²) in [6.07, 6.45) is -0.270. The van der Waals surface area contributed by atoms with Gasteiger partial charge in [-0.3, -0.25) is 9.59 Å². The lowest BCUT2D eigenvalue weighted by molar-refractivity contribution is -0.150. The van der Waals surface area contributed by atoms with E-state index in [4.69, 9.17) is 4.74 Å². The summed E-state index contributed by atoms with van der Waals surface area (Å²) >= 11 is 0. The molecule has 2 unspecified atom stereocenters. The SMILES string of the molecule is COc1ccc(F)cc1CC1CN2C(=O)CC2(S(=O)(=O)c2ccc(C)cc2)C1=O. The van der Waals surface area contributed by atoms with Crippen molar-refractivity contribution in [1.29, 1.82) is 0 Å². The highest BCUT2D eigenvalue weighted by molar-refractivity contribution is 7.93. The van der Waals surface area contributed by atoms with Crippen LogP contribution in [0.15, 0.2) is 47.4 Å². The Balaban J connectivity index is 1.71. The largest absolute Gasteiger partial charge is 0.496 e. The van der Waals surface area contributed by atoms with E-state index in [1.165, 1.54) is 37.4 Å². The number of hydrogen-bond acceptors (Lipinski definition) is 5. The predicted octanol–water partition coefficient (Wildman–Crippen LogP) is 2.29. The van der Waals surface area contributed by atoms with Crippen LogP contribution in [0.4, 0.5) is 4.39 Å². The summed E-state index contributed by atoms with van der Waals surface area (Å²) in [5.74, 6) is -1.72. The van der Waals surface area contributed by atoms with Crippen molar-refractivity contribution in [2.45, 2.75) is 29.5 Å². The van der Waals surface area contributed by atoms with Gasteiger partial charge in [0.15, 0.2) is 5.78 Å². The first-order chi connectivity index (χ1) is 13.7. The van der Waals surface area contributed by atoms with Crippen molar-refractivity contribution in [2.24, 2.45) is 5.92 Å². The fourth-order valence-electron chi connectivity index (χ4n) is 4.21. The Kier molecular flexibility index (Phi) is 4.49. The summed E-state index contributed by atoms with van der Waals surface area (Å²) in [7, 11) is -2.66. The number of carbonyl (C=O) groups is 2. The second-order valence-electron chi connectivity index (χ2n) is 7.50. The topological polar surface area (TPSA) is 80.8 Å². The van der Waals surface area contributed by atoms with E-state index in [-0.39, 0.29) is 30.2 Å². The van der Waals surface area contributed by atoms with Crippen molar-refractivity contribution >= 4 is 21.5 Å². The van der Waals surface area contributed by atoms with Crippen LogP contribution in [0.5, 0.6) is 5.75 Å². The van der Waals surface area contributed by atoms with E-state index < -0.39 is 32.2 Å². The number of Topliss-reactive ketones (excluding diaryl/α,β-unsaturated/α-hetero) is 1. The second kappa shape index (κ2) is 6.66. The molecule has 2 aromatic carbocycles. The third kappa shape index (κ3) is 2.77. The molecule has 0 N–H and O–H groups in total. The first-order valence-corrected chi connectivity index (χ1v) is 10.7. The maximum Gasteiger partial charge on any atom is 0.228 e. The molecule has 152 valence electrons. The molecule has 2 aliphatic rings. The average Bonchev–Trinajstić information content (AvgIpc) is 2.90. The molecule has 2 atom stereocenters. The van der Waals surface area contributed by atoms with E-state index in [0.717, 1.165) is 10.5 Å². The number of halogens is 1. The standard InChI is InChI=1S/C21H20FNO5S/c1-13-3-6-17(7-4-13)29(26,27)21-11-19(24)23(21)12-15(20(21)25)9-14-10-16(22)5-8-18(14)28-2/h3-8,10,15H,9,11-12H2,1-2H3. The zero-order valence-corrected chi connectivity index (χ0v) is 16.8. The van der Waals surface area contributed by atoms with E-state index in [1.54, 1.807) is 12.1 Å². The van der Waals surface area contributed by atoms with Gasteiger partial charge >= 0.3 is 0 Å². The van der Waals surface area contributed by atoms with Crippen LogP contribution in [-0.4, -0.2) is 43.5 Å². The van der Waals surface area contributed by atoms with Gasteiger partial charge in [-0.25, -0.2) is 12.8 Å². The molecule has 0 bridgehead atoms. The highest BCUT2D eigenvalue weighted by atomic mass is 32.2. The normalized spacial score (nSPS) is 23.7. The quantitative estimate of drug-likeness (QED) is 0.698. The summed E-state index contributed by atoms with van der Waals surface area (Å²) in [6.45, 7) is 1.82. The second-order valence-corrected chi connectivity index (χ2v) is 9.66.